The third kappa shape index (κ3) is 3.13. The van der Waals surface area contributed by atoms with Crippen molar-refractivity contribution >= 4 is 11.8 Å². The van der Waals surface area contributed by atoms with Gasteiger partial charge in [0.05, 0.1) is 0 Å². The molecule has 0 bridgehead atoms. The fourth-order valence-electron chi connectivity index (χ4n) is 1.73. The van der Waals surface area contributed by atoms with E-state index >= 15 is 0 Å². The molecule has 3 nitrogen and oxygen atoms in total. The van der Waals surface area contributed by atoms with Crippen molar-refractivity contribution in [1.82, 2.24) is 15.2 Å². The summed E-state index contributed by atoms with van der Waals surface area (Å²) in [6.07, 6.45) is 0. The van der Waals surface area contributed by atoms with Gasteiger partial charge in [0.15, 0.2) is 0 Å². The molecule has 1 heterocycles. The number of H-pyrrole nitrogens is 1. The van der Waals surface area contributed by atoms with E-state index < -0.39 is 0 Å². The quantitative estimate of drug-likeness (QED) is 0.850. The molecule has 18 heavy (non-hydrogen) atoms. The maximum atomic E-state index is 4.47. The van der Waals surface area contributed by atoms with Crippen molar-refractivity contribution in [3.8, 4) is 0 Å². The van der Waals surface area contributed by atoms with Crippen LogP contribution in [0.25, 0.3) is 0 Å². The highest BCUT2D eigenvalue weighted by Crippen LogP contribution is 2.23. The zero-order valence-corrected chi connectivity index (χ0v) is 12.1. The summed E-state index contributed by atoms with van der Waals surface area (Å²) >= 11 is 1.68. The Balaban J connectivity index is 2.02. The molecule has 0 aliphatic carbocycles. The van der Waals surface area contributed by atoms with Crippen molar-refractivity contribution in [2.75, 3.05) is 0 Å². The minimum absolute atomic E-state index is 0.396. The second-order valence-corrected chi connectivity index (χ2v) is 5.82. The van der Waals surface area contributed by atoms with E-state index in [4.69, 9.17) is 0 Å². The first-order valence-electron chi connectivity index (χ1n) is 6.17. The van der Waals surface area contributed by atoms with Crippen LogP contribution < -0.4 is 0 Å². The molecule has 0 saturated heterocycles. The van der Waals surface area contributed by atoms with E-state index in [9.17, 15) is 0 Å². The molecule has 0 saturated carbocycles. The maximum Gasteiger partial charge on any atom is 0.208 e. The molecule has 0 amide bonds. The number of thioether (sulfide) groups is 1. The number of nitrogens with zero attached hydrogens (tertiary/aromatic N) is 2. The van der Waals surface area contributed by atoms with Crippen LogP contribution >= 0.6 is 11.8 Å². The molecular weight excluding hydrogens is 242 g/mol. The van der Waals surface area contributed by atoms with E-state index in [1.165, 1.54) is 16.7 Å². The summed E-state index contributed by atoms with van der Waals surface area (Å²) in [5.74, 6) is 2.27. The average molecular weight is 261 g/mol. The summed E-state index contributed by atoms with van der Waals surface area (Å²) < 4.78 is 0. The first-order chi connectivity index (χ1) is 8.56. The molecular formula is C14H19N3S. The lowest BCUT2D eigenvalue weighted by Gasteiger charge is -2.04. The van der Waals surface area contributed by atoms with E-state index in [-0.39, 0.29) is 0 Å². The Morgan fingerprint density at radius 3 is 2.67 bits per heavy atom. The molecule has 0 radical (unpaired) electrons. The molecule has 0 unspecified atom stereocenters. The Morgan fingerprint density at radius 2 is 2.06 bits per heavy atom. The Bertz CT molecular complexity index is 532. The fourth-order valence-corrected chi connectivity index (χ4v) is 2.61. The summed E-state index contributed by atoms with van der Waals surface area (Å²) in [6.45, 7) is 8.49. The number of nitrogens with one attached hydrogen (secondary N) is 1. The van der Waals surface area contributed by atoms with Crippen LogP contribution in [0.4, 0.5) is 0 Å². The number of benzene rings is 1. The van der Waals surface area contributed by atoms with Crippen molar-refractivity contribution in [3.63, 3.8) is 0 Å². The van der Waals surface area contributed by atoms with Gasteiger partial charge in [0.25, 0.3) is 0 Å². The fraction of sp³-hybridized carbons (Fsp3) is 0.429. The molecule has 1 aromatic heterocycles. The molecule has 0 spiro atoms. The van der Waals surface area contributed by atoms with Crippen LogP contribution in [0.1, 0.15) is 42.3 Å². The molecule has 0 aliphatic rings. The van der Waals surface area contributed by atoms with Crippen LogP contribution in [0.15, 0.2) is 23.4 Å². The number of rotatable bonds is 4. The first-order valence-corrected chi connectivity index (χ1v) is 7.16. The molecule has 1 aromatic carbocycles. The number of aryl methyl sites for hydroxylation is 2. The van der Waals surface area contributed by atoms with E-state index in [1.54, 1.807) is 11.8 Å². The standard InChI is InChI=1S/C14H19N3S/c1-9(2)13-15-14(17-16-13)18-8-12-6-5-10(3)7-11(12)4/h5-7,9H,8H2,1-4H3,(H,15,16,17). The van der Waals surface area contributed by atoms with Crippen LogP contribution in [-0.2, 0) is 5.75 Å². The first kappa shape index (κ1) is 13.1. The number of hydrogen-bond acceptors (Lipinski definition) is 3. The molecule has 1 N–H and O–H groups in total. The highest BCUT2D eigenvalue weighted by atomic mass is 32.2. The lowest BCUT2D eigenvalue weighted by atomic mass is 10.1. The van der Waals surface area contributed by atoms with E-state index in [1.807, 2.05) is 0 Å². The van der Waals surface area contributed by atoms with Gasteiger partial charge in [0.1, 0.15) is 5.82 Å². The van der Waals surface area contributed by atoms with Gasteiger partial charge in [-0.15, -0.1) is 5.10 Å². The van der Waals surface area contributed by atoms with Gasteiger partial charge in [0, 0.05) is 11.7 Å². The van der Waals surface area contributed by atoms with Crippen LogP contribution in [0.2, 0.25) is 0 Å². The summed E-state index contributed by atoms with van der Waals surface area (Å²) in [4.78, 5) is 4.47. The van der Waals surface area contributed by atoms with Crippen molar-refractivity contribution in [1.29, 1.82) is 0 Å². The van der Waals surface area contributed by atoms with Gasteiger partial charge in [-0.05, 0) is 25.0 Å². The lowest BCUT2D eigenvalue weighted by molar-refractivity contribution is 0.780. The largest absolute Gasteiger partial charge is 0.262 e. The Morgan fingerprint density at radius 1 is 1.28 bits per heavy atom. The third-order valence-electron chi connectivity index (χ3n) is 2.88. The molecule has 2 aromatic rings. The topological polar surface area (TPSA) is 41.6 Å². The molecule has 96 valence electrons. The third-order valence-corrected chi connectivity index (χ3v) is 3.78. The highest BCUT2D eigenvalue weighted by molar-refractivity contribution is 7.98. The highest BCUT2D eigenvalue weighted by Gasteiger charge is 2.08. The van der Waals surface area contributed by atoms with Gasteiger partial charge in [-0.3, -0.25) is 5.10 Å². The Kier molecular flexibility index (Phi) is 4.07. The van der Waals surface area contributed by atoms with Gasteiger partial charge >= 0.3 is 0 Å². The summed E-state index contributed by atoms with van der Waals surface area (Å²) in [5.41, 5.74) is 3.99. The zero-order valence-electron chi connectivity index (χ0n) is 11.3. The molecule has 0 aliphatic heterocycles. The van der Waals surface area contributed by atoms with Crippen LogP contribution in [0.3, 0.4) is 0 Å². The van der Waals surface area contributed by atoms with E-state index in [2.05, 4.69) is 61.1 Å². The van der Waals surface area contributed by atoms with Crippen LogP contribution in [-0.4, -0.2) is 15.2 Å². The van der Waals surface area contributed by atoms with Gasteiger partial charge in [-0.25, -0.2) is 4.98 Å². The van der Waals surface area contributed by atoms with Crippen molar-refractivity contribution in [2.24, 2.45) is 0 Å². The predicted molar refractivity (Wildman–Crippen MR) is 75.9 cm³/mol. The normalized spacial score (nSPS) is 11.2. The van der Waals surface area contributed by atoms with Gasteiger partial charge < -0.3 is 0 Å². The zero-order chi connectivity index (χ0) is 13.1. The SMILES string of the molecule is Cc1ccc(CSc2n[nH]c(C(C)C)n2)c(C)c1. The minimum Gasteiger partial charge on any atom is -0.262 e. The number of hydrogen-bond donors (Lipinski definition) is 1. The van der Waals surface area contributed by atoms with Crippen LogP contribution in [0, 0.1) is 13.8 Å². The average Bonchev–Trinajstić information content (AvgIpc) is 2.76. The van der Waals surface area contributed by atoms with E-state index in [0.717, 1.165) is 16.7 Å². The maximum absolute atomic E-state index is 4.47. The molecule has 4 heteroatoms. The van der Waals surface area contributed by atoms with Crippen molar-refractivity contribution in [2.45, 2.75) is 44.5 Å². The smallest absolute Gasteiger partial charge is 0.208 e. The van der Waals surface area contributed by atoms with Gasteiger partial charge in [-0.1, -0.05) is 49.4 Å². The van der Waals surface area contributed by atoms with Gasteiger partial charge in [0.2, 0.25) is 5.16 Å². The summed E-state index contributed by atoms with van der Waals surface area (Å²) in [7, 11) is 0. The second-order valence-electron chi connectivity index (χ2n) is 4.88. The summed E-state index contributed by atoms with van der Waals surface area (Å²) in [6, 6.07) is 6.56. The number of aromatic amines is 1. The Labute approximate surface area is 112 Å². The molecule has 0 fully saturated rings. The van der Waals surface area contributed by atoms with E-state index in [0.29, 0.717) is 5.92 Å². The van der Waals surface area contributed by atoms with Gasteiger partial charge in [-0.2, -0.15) is 0 Å². The van der Waals surface area contributed by atoms with Crippen molar-refractivity contribution < 1.29 is 0 Å². The lowest BCUT2D eigenvalue weighted by Crippen LogP contribution is -1.90. The van der Waals surface area contributed by atoms with Crippen molar-refractivity contribution in [3.05, 3.63) is 40.7 Å². The predicted octanol–water partition coefficient (Wildman–Crippen LogP) is 3.84. The summed E-state index contributed by atoms with van der Waals surface area (Å²) in [5, 5.41) is 8.04. The monoisotopic (exact) mass is 261 g/mol. The minimum atomic E-state index is 0.396. The molecule has 2 rings (SSSR count). The number of aromatic nitrogens is 3. The molecule has 0 atom stereocenters. The second kappa shape index (κ2) is 5.57. The Hall–Kier alpha value is -1.29. The van der Waals surface area contributed by atoms with Crippen LogP contribution in [0.5, 0.6) is 0 Å².